The summed E-state index contributed by atoms with van der Waals surface area (Å²) in [4.78, 5) is 31.5. The van der Waals surface area contributed by atoms with Gasteiger partial charge in [-0.25, -0.2) is 19.7 Å². The van der Waals surface area contributed by atoms with E-state index in [1.807, 2.05) is 16.7 Å². The fraction of sp³-hybridized carbons (Fsp3) is 0.414. The second-order valence-corrected chi connectivity index (χ2v) is 11.0. The quantitative estimate of drug-likeness (QED) is 0.308. The minimum atomic E-state index is -1.07. The SMILES string of the molecule is O=C(O)c1ccc2nc(CN3CCC(Oc4nc(Cc5ccc(Cl)cc5)ncc4F)CC3)n(C[C@H]3CCOC3)c2n1. The highest BCUT2D eigenvalue weighted by Gasteiger charge is 2.26. The summed E-state index contributed by atoms with van der Waals surface area (Å²) >= 11 is 5.97. The lowest BCUT2D eigenvalue weighted by molar-refractivity contribution is 0.0690. The van der Waals surface area contributed by atoms with Gasteiger partial charge in [-0.2, -0.15) is 9.37 Å². The Morgan fingerprint density at radius 3 is 2.63 bits per heavy atom. The molecule has 0 bridgehead atoms. The van der Waals surface area contributed by atoms with Crippen molar-refractivity contribution in [3.63, 3.8) is 0 Å². The average molecular weight is 581 g/mol. The molecule has 0 radical (unpaired) electrons. The van der Waals surface area contributed by atoms with Crippen LogP contribution < -0.4 is 4.74 Å². The molecule has 0 saturated carbocycles. The second kappa shape index (κ2) is 12.1. The standard InChI is InChI=1S/C29H30ClFN6O4/c30-20-3-1-18(2-4-20)13-25-32-14-22(31)28(35-25)41-21-7-10-36(11-8-21)16-26-33-23-5-6-24(29(38)39)34-27(23)37(26)15-19-9-12-40-17-19/h1-6,14,19,21H,7-13,15-17H2,(H,38,39)/t19-/m1/s1. The predicted molar refractivity (Wildman–Crippen MR) is 149 cm³/mol. The number of ether oxygens (including phenoxy) is 2. The zero-order valence-electron chi connectivity index (χ0n) is 22.4. The summed E-state index contributed by atoms with van der Waals surface area (Å²) in [6, 6.07) is 10.6. The van der Waals surface area contributed by atoms with Gasteiger partial charge in [0.2, 0.25) is 5.82 Å². The third kappa shape index (κ3) is 6.47. The topological polar surface area (TPSA) is 115 Å². The van der Waals surface area contributed by atoms with Crippen LogP contribution in [0.25, 0.3) is 11.2 Å². The van der Waals surface area contributed by atoms with Gasteiger partial charge in [0, 0.05) is 43.6 Å². The molecule has 0 aliphatic carbocycles. The number of hydrogen-bond donors (Lipinski definition) is 1. The molecule has 1 N–H and O–H groups in total. The molecular weight excluding hydrogens is 551 g/mol. The van der Waals surface area contributed by atoms with Crippen LogP contribution in [-0.4, -0.2) is 72.9 Å². The van der Waals surface area contributed by atoms with Crippen LogP contribution in [0.1, 0.15) is 47.0 Å². The predicted octanol–water partition coefficient (Wildman–Crippen LogP) is 4.38. The maximum atomic E-state index is 14.5. The lowest BCUT2D eigenvalue weighted by Crippen LogP contribution is -2.38. The molecule has 3 aromatic heterocycles. The Bertz CT molecular complexity index is 1530. The molecule has 0 unspecified atom stereocenters. The van der Waals surface area contributed by atoms with E-state index >= 15 is 0 Å². The number of imidazole rings is 1. The van der Waals surface area contributed by atoms with E-state index in [1.54, 1.807) is 18.2 Å². The van der Waals surface area contributed by atoms with Crippen LogP contribution in [0.5, 0.6) is 5.88 Å². The highest BCUT2D eigenvalue weighted by atomic mass is 35.5. The van der Waals surface area contributed by atoms with Crippen LogP contribution in [-0.2, 0) is 24.2 Å². The molecule has 12 heteroatoms. The molecule has 2 fully saturated rings. The maximum Gasteiger partial charge on any atom is 0.354 e. The van der Waals surface area contributed by atoms with Gasteiger partial charge in [0.1, 0.15) is 23.3 Å². The van der Waals surface area contributed by atoms with E-state index in [0.29, 0.717) is 66.9 Å². The molecule has 10 nitrogen and oxygen atoms in total. The number of aromatic nitrogens is 5. The van der Waals surface area contributed by atoms with Crippen molar-refractivity contribution in [3.8, 4) is 5.88 Å². The molecule has 5 heterocycles. The molecule has 2 aliphatic heterocycles. The van der Waals surface area contributed by atoms with Gasteiger partial charge in [0.15, 0.2) is 11.3 Å². The number of hydrogen-bond acceptors (Lipinski definition) is 8. The van der Waals surface area contributed by atoms with Crippen LogP contribution in [0.3, 0.4) is 0 Å². The fourth-order valence-electron chi connectivity index (χ4n) is 5.35. The molecule has 2 aliphatic rings. The number of benzene rings is 1. The number of nitrogens with zero attached hydrogens (tertiary/aromatic N) is 6. The number of fused-ring (bicyclic) bond motifs is 1. The van der Waals surface area contributed by atoms with E-state index in [1.165, 1.54) is 6.07 Å². The summed E-state index contributed by atoms with van der Waals surface area (Å²) in [5.41, 5.74) is 2.23. The van der Waals surface area contributed by atoms with E-state index in [-0.39, 0.29) is 17.7 Å². The van der Waals surface area contributed by atoms with Crippen molar-refractivity contribution in [2.24, 2.45) is 5.92 Å². The van der Waals surface area contributed by atoms with E-state index in [2.05, 4.69) is 19.9 Å². The Hall–Kier alpha value is -3.67. The molecule has 1 aromatic carbocycles. The van der Waals surface area contributed by atoms with Gasteiger partial charge in [0.25, 0.3) is 5.88 Å². The molecule has 6 rings (SSSR count). The molecule has 0 spiro atoms. The first-order valence-corrected chi connectivity index (χ1v) is 14.1. The Labute approximate surface area is 241 Å². The van der Waals surface area contributed by atoms with Crippen molar-refractivity contribution in [2.75, 3.05) is 26.3 Å². The number of aromatic carboxylic acids is 1. The van der Waals surface area contributed by atoms with Gasteiger partial charge >= 0.3 is 5.97 Å². The first-order chi connectivity index (χ1) is 19.9. The van der Waals surface area contributed by atoms with Crippen molar-refractivity contribution >= 4 is 28.7 Å². The molecule has 214 valence electrons. The number of halogens is 2. The summed E-state index contributed by atoms with van der Waals surface area (Å²) in [6.45, 7) is 4.13. The van der Waals surface area contributed by atoms with E-state index in [4.69, 9.17) is 26.1 Å². The minimum Gasteiger partial charge on any atom is -0.477 e. The molecule has 41 heavy (non-hydrogen) atoms. The molecule has 2 saturated heterocycles. The van der Waals surface area contributed by atoms with Gasteiger partial charge in [-0.15, -0.1) is 0 Å². The minimum absolute atomic E-state index is 0.000822. The lowest BCUT2D eigenvalue weighted by atomic mass is 10.1. The summed E-state index contributed by atoms with van der Waals surface area (Å²) < 4.78 is 28.1. The van der Waals surface area contributed by atoms with Gasteiger partial charge < -0.3 is 19.1 Å². The number of rotatable bonds is 9. The summed E-state index contributed by atoms with van der Waals surface area (Å²) in [5, 5.41) is 10.1. The number of likely N-dealkylation sites (tertiary alicyclic amines) is 1. The van der Waals surface area contributed by atoms with Gasteiger partial charge in [-0.1, -0.05) is 23.7 Å². The lowest BCUT2D eigenvalue weighted by Gasteiger charge is -2.31. The Morgan fingerprint density at radius 2 is 1.90 bits per heavy atom. The van der Waals surface area contributed by atoms with E-state index in [0.717, 1.165) is 43.7 Å². The number of carboxylic acids is 1. The summed E-state index contributed by atoms with van der Waals surface area (Å²) in [7, 11) is 0. The fourth-order valence-corrected chi connectivity index (χ4v) is 5.47. The average Bonchev–Trinajstić information content (AvgIpc) is 3.61. The van der Waals surface area contributed by atoms with Crippen LogP contribution in [0.2, 0.25) is 5.02 Å². The number of pyridine rings is 1. The molecular formula is C29H30ClFN6O4. The number of carbonyl (C=O) groups is 1. The van der Waals surface area contributed by atoms with Crippen molar-refractivity contribution in [2.45, 2.75) is 44.9 Å². The number of carboxylic acid groups (broad SMARTS) is 1. The monoisotopic (exact) mass is 580 g/mol. The summed E-state index contributed by atoms with van der Waals surface area (Å²) in [6.07, 6.45) is 3.78. The largest absolute Gasteiger partial charge is 0.477 e. The highest BCUT2D eigenvalue weighted by molar-refractivity contribution is 6.30. The Morgan fingerprint density at radius 1 is 1.10 bits per heavy atom. The van der Waals surface area contributed by atoms with Crippen molar-refractivity contribution in [1.29, 1.82) is 0 Å². The van der Waals surface area contributed by atoms with Crippen LogP contribution >= 0.6 is 11.6 Å². The molecule has 0 amide bonds. The first kappa shape index (κ1) is 27.5. The second-order valence-electron chi connectivity index (χ2n) is 10.5. The van der Waals surface area contributed by atoms with E-state index in [9.17, 15) is 14.3 Å². The van der Waals surface area contributed by atoms with Gasteiger partial charge in [-0.05, 0) is 49.1 Å². The first-order valence-electron chi connectivity index (χ1n) is 13.7. The normalized spacial score (nSPS) is 18.2. The zero-order chi connectivity index (χ0) is 28.3. The Kier molecular flexibility index (Phi) is 8.09. The maximum absolute atomic E-state index is 14.5. The van der Waals surface area contributed by atoms with Crippen molar-refractivity contribution in [3.05, 3.63) is 76.3 Å². The van der Waals surface area contributed by atoms with E-state index < -0.39 is 11.8 Å². The van der Waals surface area contributed by atoms with Crippen LogP contribution in [0.4, 0.5) is 4.39 Å². The molecule has 1 atom stereocenters. The third-order valence-electron chi connectivity index (χ3n) is 7.57. The molecule has 4 aromatic rings. The Balaban J connectivity index is 1.11. The third-order valence-corrected chi connectivity index (χ3v) is 7.82. The smallest absolute Gasteiger partial charge is 0.354 e. The van der Waals surface area contributed by atoms with Gasteiger partial charge in [0.05, 0.1) is 19.3 Å². The van der Waals surface area contributed by atoms with Crippen LogP contribution in [0.15, 0.2) is 42.6 Å². The van der Waals surface area contributed by atoms with Crippen molar-refractivity contribution < 1.29 is 23.8 Å². The van der Waals surface area contributed by atoms with Crippen molar-refractivity contribution in [1.82, 2.24) is 29.4 Å². The van der Waals surface area contributed by atoms with Crippen LogP contribution in [0, 0.1) is 11.7 Å². The highest BCUT2D eigenvalue weighted by Crippen LogP contribution is 2.25. The zero-order valence-corrected chi connectivity index (χ0v) is 23.1. The summed E-state index contributed by atoms with van der Waals surface area (Å²) in [5.74, 6) is -0.0200. The number of piperidine rings is 1. The van der Waals surface area contributed by atoms with Gasteiger partial charge in [-0.3, -0.25) is 4.90 Å².